The van der Waals surface area contributed by atoms with Crippen molar-refractivity contribution in [2.24, 2.45) is 0 Å². The van der Waals surface area contributed by atoms with Gasteiger partial charge in [-0.25, -0.2) is 0 Å². The van der Waals surface area contributed by atoms with E-state index < -0.39 is 0 Å². The van der Waals surface area contributed by atoms with Crippen molar-refractivity contribution in [1.82, 2.24) is 0 Å². The molecule has 0 fully saturated rings. The highest BCUT2D eigenvalue weighted by Gasteiger charge is 2.38. The van der Waals surface area contributed by atoms with Crippen LogP contribution in [0.25, 0.3) is 27.2 Å². The van der Waals surface area contributed by atoms with E-state index in [1.54, 1.807) is 28.4 Å². The standard InChI is InChI=1S/C24H20NO5/c1-27-19-9-13-5-6-25-18-8-15-11-21(29-3)20(28-2)10-14(15)7-17(18)24(26)23(25)16(13)12-22(19)30-4/h5-12H,1-4H3/q+1. The molecule has 0 saturated heterocycles. The quantitative estimate of drug-likeness (QED) is 0.428. The van der Waals surface area contributed by atoms with Gasteiger partial charge in [0.2, 0.25) is 5.69 Å². The van der Waals surface area contributed by atoms with Gasteiger partial charge in [-0.05, 0) is 46.5 Å². The summed E-state index contributed by atoms with van der Waals surface area (Å²) in [6, 6.07) is 13.4. The third-order valence-electron chi connectivity index (χ3n) is 5.63. The van der Waals surface area contributed by atoms with E-state index >= 15 is 0 Å². The van der Waals surface area contributed by atoms with Crippen LogP contribution in [-0.2, 0) is 0 Å². The second kappa shape index (κ2) is 6.62. The molecule has 4 aromatic rings. The second-order valence-corrected chi connectivity index (χ2v) is 7.08. The highest BCUT2D eigenvalue weighted by atomic mass is 16.5. The maximum absolute atomic E-state index is 13.4. The summed E-state index contributed by atoms with van der Waals surface area (Å²) < 4.78 is 23.6. The van der Waals surface area contributed by atoms with Crippen LogP contribution in [0.4, 0.5) is 0 Å². The monoisotopic (exact) mass is 402 g/mol. The van der Waals surface area contributed by atoms with Gasteiger partial charge in [-0.1, -0.05) is 0 Å². The molecule has 0 radical (unpaired) electrons. The third kappa shape index (κ3) is 2.43. The SMILES string of the molecule is COc1cc2cc3c(cc2cc1OC)-[n+]1ccc2cc(OC)c(OC)cc2c1C3=O. The number of rotatable bonds is 4. The van der Waals surface area contributed by atoms with Gasteiger partial charge in [0.05, 0.1) is 33.8 Å². The number of benzene rings is 3. The minimum absolute atomic E-state index is 0.0282. The van der Waals surface area contributed by atoms with Crippen molar-refractivity contribution in [1.29, 1.82) is 0 Å². The molecule has 0 bridgehead atoms. The summed E-state index contributed by atoms with van der Waals surface area (Å²) in [5, 5.41) is 3.60. The highest BCUT2D eigenvalue weighted by Crippen LogP contribution is 2.38. The number of nitrogens with zero attached hydrogens (tertiary/aromatic N) is 1. The van der Waals surface area contributed by atoms with Gasteiger partial charge in [0.25, 0.3) is 11.5 Å². The van der Waals surface area contributed by atoms with Gasteiger partial charge < -0.3 is 18.9 Å². The first-order chi connectivity index (χ1) is 14.6. The molecule has 5 rings (SSSR count). The smallest absolute Gasteiger partial charge is 0.267 e. The van der Waals surface area contributed by atoms with Crippen LogP contribution in [0.3, 0.4) is 0 Å². The van der Waals surface area contributed by atoms with Gasteiger partial charge in [0, 0.05) is 12.1 Å². The van der Waals surface area contributed by atoms with E-state index in [-0.39, 0.29) is 5.78 Å². The largest absolute Gasteiger partial charge is 0.493 e. The molecule has 150 valence electrons. The Morgan fingerprint density at radius 3 is 1.80 bits per heavy atom. The number of hydrogen-bond donors (Lipinski definition) is 0. The molecule has 0 aliphatic carbocycles. The molecule has 0 atom stereocenters. The van der Waals surface area contributed by atoms with Crippen molar-refractivity contribution >= 4 is 27.3 Å². The maximum Gasteiger partial charge on any atom is 0.267 e. The number of ether oxygens (including phenoxy) is 4. The van der Waals surface area contributed by atoms with Crippen LogP contribution in [0, 0.1) is 0 Å². The summed E-state index contributed by atoms with van der Waals surface area (Å²) in [5.41, 5.74) is 2.10. The predicted molar refractivity (Wildman–Crippen MR) is 113 cm³/mol. The molecule has 1 aliphatic heterocycles. The minimum Gasteiger partial charge on any atom is -0.493 e. The summed E-state index contributed by atoms with van der Waals surface area (Å²) in [6.45, 7) is 0. The fourth-order valence-corrected chi connectivity index (χ4v) is 4.15. The fourth-order valence-electron chi connectivity index (χ4n) is 4.15. The molecule has 1 aromatic heterocycles. The number of fused-ring (bicyclic) bond motifs is 6. The molecule has 0 unspecified atom stereocenters. The van der Waals surface area contributed by atoms with Gasteiger partial charge in [-0.15, -0.1) is 0 Å². The van der Waals surface area contributed by atoms with Gasteiger partial charge in [-0.3, -0.25) is 4.79 Å². The lowest BCUT2D eigenvalue weighted by Gasteiger charge is -2.09. The van der Waals surface area contributed by atoms with Crippen LogP contribution in [0.1, 0.15) is 16.1 Å². The van der Waals surface area contributed by atoms with Gasteiger partial charge >= 0.3 is 0 Å². The summed E-state index contributed by atoms with van der Waals surface area (Å²) in [4.78, 5) is 13.4. The van der Waals surface area contributed by atoms with E-state index in [1.807, 2.05) is 53.2 Å². The lowest BCUT2D eigenvalue weighted by molar-refractivity contribution is -0.592. The van der Waals surface area contributed by atoms with Crippen molar-refractivity contribution in [2.45, 2.75) is 0 Å². The number of carbonyl (C=O) groups excluding carboxylic acids is 1. The average Bonchev–Trinajstić information content (AvgIpc) is 3.06. The number of ketones is 1. The van der Waals surface area contributed by atoms with Crippen LogP contribution >= 0.6 is 0 Å². The number of aromatic nitrogens is 1. The summed E-state index contributed by atoms with van der Waals surface area (Å²) in [5.74, 6) is 2.46. The average molecular weight is 402 g/mol. The second-order valence-electron chi connectivity index (χ2n) is 7.08. The molecule has 1 aliphatic rings. The topological polar surface area (TPSA) is 57.9 Å². The number of methoxy groups -OCH3 is 4. The van der Waals surface area contributed by atoms with E-state index in [4.69, 9.17) is 18.9 Å². The van der Waals surface area contributed by atoms with Crippen LogP contribution in [0.5, 0.6) is 23.0 Å². The van der Waals surface area contributed by atoms with Crippen molar-refractivity contribution < 1.29 is 28.3 Å². The Hall–Kier alpha value is -3.80. The number of hydrogen-bond acceptors (Lipinski definition) is 5. The van der Waals surface area contributed by atoms with Crippen molar-refractivity contribution in [2.75, 3.05) is 28.4 Å². The first-order valence-electron chi connectivity index (χ1n) is 9.45. The van der Waals surface area contributed by atoms with Gasteiger partial charge in [0.15, 0.2) is 29.2 Å². The van der Waals surface area contributed by atoms with Crippen molar-refractivity contribution in [3.63, 3.8) is 0 Å². The molecule has 0 N–H and O–H groups in total. The Morgan fingerprint density at radius 2 is 1.20 bits per heavy atom. The molecule has 0 saturated carbocycles. The van der Waals surface area contributed by atoms with Crippen LogP contribution < -0.4 is 23.5 Å². The van der Waals surface area contributed by atoms with Gasteiger partial charge in [-0.2, -0.15) is 4.57 Å². The first kappa shape index (κ1) is 18.2. The number of pyridine rings is 1. The van der Waals surface area contributed by atoms with E-state index in [2.05, 4.69) is 0 Å². The molecule has 6 nitrogen and oxygen atoms in total. The van der Waals surface area contributed by atoms with Gasteiger partial charge in [0.1, 0.15) is 5.56 Å². The van der Waals surface area contributed by atoms with E-state index in [1.165, 1.54) is 0 Å². The zero-order valence-corrected chi connectivity index (χ0v) is 17.1. The number of carbonyl (C=O) groups is 1. The molecule has 0 spiro atoms. The predicted octanol–water partition coefficient (Wildman–Crippen LogP) is 3.85. The lowest BCUT2D eigenvalue weighted by Crippen LogP contribution is -2.32. The molecule has 2 heterocycles. The highest BCUT2D eigenvalue weighted by molar-refractivity contribution is 6.18. The Bertz CT molecular complexity index is 1360. The van der Waals surface area contributed by atoms with Crippen LogP contribution in [-0.4, -0.2) is 34.2 Å². The summed E-state index contributed by atoms with van der Waals surface area (Å²) in [6.07, 6.45) is 1.92. The minimum atomic E-state index is -0.0282. The maximum atomic E-state index is 13.4. The normalized spacial score (nSPS) is 12.1. The fraction of sp³-hybridized carbons (Fsp3) is 0.167. The summed E-state index contributed by atoms with van der Waals surface area (Å²) >= 11 is 0. The Kier molecular flexibility index (Phi) is 4.03. The van der Waals surface area contributed by atoms with Crippen molar-refractivity contribution in [3.05, 3.63) is 59.9 Å². The Labute approximate surface area is 173 Å². The Balaban J connectivity index is 1.79. The van der Waals surface area contributed by atoms with Crippen LogP contribution in [0.2, 0.25) is 0 Å². The van der Waals surface area contributed by atoms with E-state index in [9.17, 15) is 4.79 Å². The Morgan fingerprint density at radius 1 is 0.667 bits per heavy atom. The van der Waals surface area contributed by atoms with E-state index in [0.717, 1.165) is 27.2 Å². The lowest BCUT2D eigenvalue weighted by atomic mass is 10.0. The van der Waals surface area contributed by atoms with E-state index in [0.29, 0.717) is 34.3 Å². The zero-order chi connectivity index (χ0) is 21.0. The molecular formula is C24H20NO5+. The molecule has 0 amide bonds. The molecule has 6 heteroatoms. The third-order valence-corrected chi connectivity index (χ3v) is 5.63. The molecule has 30 heavy (non-hydrogen) atoms. The molecular weight excluding hydrogens is 382 g/mol. The molecule has 3 aromatic carbocycles. The zero-order valence-electron chi connectivity index (χ0n) is 17.1. The van der Waals surface area contributed by atoms with Crippen molar-refractivity contribution in [3.8, 4) is 28.7 Å². The van der Waals surface area contributed by atoms with Crippen LogP contribution in [0.15, 0.2) is 48.7 Å². The first-order valence-corrected chi connectivity index (χ1v) is 9.45. The summed E-state index contributed by atoms with van der Waals surface area (Å²) in [7, 11) is 6.39.